The van der Waals surface area contributed by atoms with Crippen LogP contribution >= 0.6 is 34.3 Å². The molecule has 108 valence electrons. The minimum atomic E-state index is -0.157. The summed E-state index contributed by atoms with van der Waals surface area (Å²) >= 11 is 9.16. The van der Waals surface area contributed by atoms with Crippen LogP contribution in [0.3, 0.4) is 0 Å². The van der Waals surface area contributed by atoms with Crippen LogP contribution in [0.1, 0.15) is 20.8 Å². The molecule has 2 aromatic heterocycles. The summed E-state index contributed by atoms with van der Waals surface area (Å²) in [4.78, 5) is 12.9. The van der Waals surface area contributed by atoms with Gasteiger partial charge in [0.05, 0.1) is 10.7 Å². The summed E-state index contributed by atoms with van der Waals surface area (Å²) in [7, 11) is 0. The Morgan fingerprint density at radius 2 is 2.19 bits per heavy atom. The zero-order valence-corrected chi connectivity index (χ0v) is 13.7. The van der Waals surface area contributed by atoms with Crippen molar-refractivity contribution < 1.29 is 4.79 Å². The maximum Gasteiger partial charge on any atom is 0.263 e. The van der Waals surface area contributed by atoms with E-state index in [9.17, 15) is 4.79 Å². The van der Waals surface area contributed by atoms with Crippen LogP contribution in [0, 0.1) is 6.92 Å². The van der Waals surface area contributed by atoms with Gasteiger partial charge in [0.15, 0.2) is 0 Å². The second-order valence-electron chi connectivity index (χ2n) is 4.72. The number of thiophene rings is 2. The van der Waals surface area contributed by atoms with Crippen molar-refractivity contribution in [1.82, 2.24) is 5.32 Å². The minimum absolute atomic E-state index is 0.157. The first-order chi connectivity index (χ1) is 10.1. The SMILES string of the molecule is Cc1cscc1CNC(=O)c1sc2cccc(Cl)c2c1N. The lowest BCUT2D eigenvalue weighted by Gasteiger charge is -2.04. The average molecular weight is 337 g/mol. The minimum Gasteiger partial charge on any atom is -0.397 e. The average Bonchev–Trinajstić information content (AvgIpc) is 3.01. The van der Waals surface area contributed by atoms with Crippen LogP contribution in [0.5, 0.6) is 0 Å². The number of amides is 1. The van der Waals surface area contributed by atoms with Gasteiger partial charge in [0.2, 0.25) is 0 Å². The van der Waals surface area contributed by atoms with Gasteiger partial charge < -0.3 is 11.1 Å². The molecule has 3 rings (SSSR count). The standard InChI is InChI=1S/C15H13ClN2OS2/c1-8-6-20-7-9(8)5-18-15(19)14-13(17)12-10(16)3-2-4-11(12)21-14/h2-4,6-7H,5,17H2,1H3,(H,18,19). The third kappa shape index (κ3) is 2.64. The molecule has 21 heavy (non-hydrogen) atoms. The zero-order valence-electron chi connectivity index (χ0n) is 11.3. The van der Waals surface area contributed by atoms with Crippen LogP contribution < -0.4 is 11.1 Å². The van der Waals surface area contributed by atoms with Crippen molar-refractivity contribution in [3.8, 4) is 0 Å². The van der Waals surface area contributed by atoms with E-state index in [1.54, 1.807) is 17.4 Å². The Morgan fingerprint density at radius 1 is 1.38 bits per heavy atom. The number of halogens is 1. The van der Waals surface area contributed by atoms with Gasteiger partial charge in [-0.3, -0.25) is 4.79 Å². The van der Waals surface area contributed by atoms with Crippen molar-refractivity contribution in [1.29, 1.82) is 0 Å². The summed E-state index contributed by atoms with van der Waals surface area (Å²) in [5.74, 6) is -0.157. The van der Waals surface area contributed by atoms with E-state index in [0.29, 0.717) is 22.1 Å². The summed E-state index contributed by atoms with van der Waals surface area (Å²) in [5, 5.41) is 8.37. The molecule has 2 heterocycles. The molecule has 6 heteroatoms. The quantitative estimate of drug-likeness (QED) is 0.743. The molecule has 0 aliphatic carbocycles. The predicted molar refractivity (Wildman–Crippen MR) is 91.5 cm³/mol. The highest BCUT2D eigenvalue weighted by Crippen LogP contribution is 2.37. The summed E-state index contributed by atoms with van der Waals surface area (Å²) < 4.78 is 0.928. The normalized spacial score (nSPS) is 11.0. The van der Waals surface area contributed by atoms with Crippen LogP contribution in [0.2, 0.25) is 5.02 Å². The number of benzene rings is 1. The fraction of sp³-hybridized carbons (Fsp3) is 0.133. The summed E-state index contributed by atoms with van der Waals surface area (Å²) in [6.07, 6.45) is 0. The molecule has 3 aromatic rings. The van der Waals surface area contributed by atoms with Crippen molar-refractivity contribution in [2.75, 3.05) is 5.73 Å². The molecule has 1 amide bonds. The number of hydrogen-bond donors (Lipinski definition) is 2. The second-order valence-corrected chi connectivity index (χ2v) is 6.92. The molecular weight excluding hydrogens is 324 g/mol. The van der Waals surface area contributed by atoms with Crippen LogP contribution in [-0.2, 0) is 6.54 Å². The highest BCUT2D eigenvalue weighted by molar-refractivity contribution is 7.21. The van der Waals surface area contributed by atoms with Gasteiger partial charge in [0.25, 0.3) is 5.91 Å². The summed E-state index contributed by atoms with van der Waals surface area (Å²) in [5.41, 5.74) is 8.86. The molecule has 0 spiro atoms. The highest BCUT2D eigenvalue weighted by Gasteiger charge is 2.18. The largest absolute Gasteiger partial charge is 0.397 e. The van der Waals surface area contributed by atoms with Crippen molar-refractivity contribution in [2.45, 2.75) is 13.5 Å². The molecule has 0 radical (unpaired) electrons. The first kappa shape index (κ1) is 14.4. The number of anilines is 1. The van der Waals surface area contributed by atoms with Crippen LogP contribution in [0.4, 0.5) is 5.69 Å². The van der Waals surface area contributed by atoms with Crippen LogP contribution in [-0.4, -0.2) is 5.91 Å². The van der Waals surface area contributed by atoms with Gasteiger partial charge in [-0.25, -0.2) is 0 Å². The molecule has 0 bridgehead atoms. The van der Waals surface area contributed by atoms with Crippen LogP contribution in [0.15, 0.2) is 29.0 Å². The van der Waals surface area contributed by atoms with Gasteiger partial charge in [-0.1, -0.05) is 17.7 Å². The van der Waals surface area contributed by atoms with Gasteiger partial charge in [-0.2, -0.15) is 11.3 Å². The van der Waals surface area contributed by atoms with E-state index in [4.69, 9.17) is 17.3 Å². The van der Waals surface area contributed by atoms with E-state index < -0.39 is 0 Å². The van der Waals surface area contributed by atoms with E-state index in [-0.39, 0.29) is 5.91 Å². The number of carbonyl (C=O) groups is 1. The maximum atomic E-state index is 12.3. The first-order valence-electron chi connectivity index (χ1n) is 6.34. The van der Waals surface area contributed by atoms with Crippen molar-refractivity contribution in [3.63, 3.8) is 0 Å². The van der Waals surface area contributed by atoms with Gasteiger partial charge in [-0.05, 0) is 40.9 Å². The van der Waals surface area contributed by atoms with Crippen molar-refractivity contribution in [3.05, 3.63) is 50.0 Å². The van der Waals surface area contributed by atoms with Gasteiger partial charge >= 0.3 is 0 Å². The Bertz CT molecular complexity index is 822. The molecule has 0 unspecified atom stereocenters. The topological polar surface area (TPSA) is 55.1 Å². The predicted octanol–water partition coefficient (Wildman–Crippen LogP) is 4.44. The molecule has 0 aliphatic rings. The van der Waals surface area contributed by atoms with Gasteiger partial charge in [0, 0.05) is 16.6 Å². The lowest BCUT2D eigenvalue weighted by molar-refractivity contribution is 0.0956. The van der Waals surface area contributed by atoms with E-state index in [2.05, 4.69) is 10.7 Å². The maximum absolute atomic E-state index is 12.3. The molecule has 0 aliphatic heterocycles. The summed E-state index contributed by atoms with van der Waals surface area (Å²) in [6.45, 7) is 2.54. The third-order valence-corrected chi connectivity index (χ3v) is 5.70. The fourth-order valence-electron chi connectivity index (χ4n) is 2.12. The molecule has 0 atom stereocenters. The van der Waals surface area contributed by atoms with E-state index in [0.717, 1.165) is 15.6 Å². The third-order valence-electron chi connectivity index (χ3n) is 3.31. The summed E-state index contributed by atoms with van der Waals surface area (Å²) in [6, 6.07) is 5.56. The van der Waals surface area contributed by atoms with Crippen molar-refractivity contribution >= 4 is 56.0 Å². The monoisotopic (exact) mass is 336 g/mol. The van der Waals surface area contributed by atoms with Gasteiger partial charge in [-0.15, -0.1) is 11.3 Å². The smallest absolute Gasteiger partial charge is 0.263 e. The number of aryl methyl sites for hydroxylation is 1. The number of hydrogen-bond acceptors (Lipinski definition) is 4. The van der Waals surface area contributed by atoms with Crippen LogP contribution in [0.25, 0.3) is 10.1 Å². The Kier molecular flexibility index (Phi) is 3.89. The Morgan fingerprint density at radius 3 is 2.86 bits per heavy atom. The number of carbonyl (C=O) groups excluding carboxylic acids is 1. The van der Waals surface area contributed by atoms with E-state index in [1.165, 1.54) is 16.9 Å². The first-order valence-corrected chi connectivity index (χ1v) is 8.48. The Balaban J connectivity index is 1.87. The lowest BCUT2D eigenvalue weighted by atomic mass is 10.2. The Hall–Kier alpha value is -1.56. The fourth-order valence-corrected chi connectivity index (χ4v) is 4.38. The molecule has 0 saturated carbocycles. The number of nitrogens with one attached hydrogen (secondary N) is 1. The second kappa shape index (κ2) is 5.67. The van der Waals surface area contributed by atoms with Gasteiger partial charge in [0.1, 0.15) is 4.88 Å². The molecular formula is C15H13ClN2OS2. The van der Waals surface area contributed by atoms with Crippen molar-refractivity contribution in [2.24, 2.45) is 0 Å². The lowest BCUT2D eigenvalue weighted by Crippen LogP contribution is -2.22. The molecule has 1 aromatic carbocycles. The Labute approximate surface area is 135 Å². The zero-order chi connectivity index (χ0) is 15.0. The number of rotatable bonds is 3. The molecule has 3 nitrogen and oxygen atoms in total. The number of fused-ring (bicyclic) bond motifs is 1. The van der Waals surface area contributed by atoms with E-state index in [1.807, 2.05) is 24.4 Å². The molecule has 0 fully saturated rings. The number of nitrogen functional groups attached to an aromatic ring is 1. The molecule has 0 saturated heterocycles. The number of nitrogens with two attached hydrogens (primary N) is 1. The molecule has 3 N–H and O–H groups in total. The van der Waals surface area contributed by atoms with E-state index >= 15 is 0 Å². The highest BCUT2D eigenvalue weighted by atomic mass is 35.5.